The fraction of sp³-hybridized carbons (Fsp3) is 0.321. The fourth-order valence-electron chi connectivity index (χ4n) is 4.01. The zero-order chi connectivity index (χ0) is 22.9. The molecular formula is C28H33NO3. The Bertz CT molecular complexity index is 942. The number of phenolic OH excluding ortho intramolecular Hbond substituents is 2. The van der Waals surface area contributed by atoms with Gasteiger partial charge in [-0.1, -0.05) is 69.2 Å². The first-order valence-electron chi connectivity index (χ1n) is 11.5. The highest BCUT2D eigenvalue weighted by molar-refractivity contribution is 5.96. The number of benzene rings is 3. The summed E-state index contributed by atoms with van der Waals surface area (Å²) in [5.74, 6) is 0.265. The highest BCUT2D eigenvalue weighted by Gasteiger charge is 2.25. The number of rotatable bonds is 10. The standard InChI is InChI=1S/C28H33NO3/c1-3-5-19-29(20-6-4-2)28(32)26-10-8-7-9-25(26)27(21-11-15-23(30)16-12-21)22-13-17-24(31)18-14-22/h7-18,27,30-31H,3-6,19-20H2,1-2H3. The lowest BCUT2D eigenvalue weighted by Crippen LogP contribution is -2.34. The van der Waals surface area contributed by atoms with Crippen molar-refractivity contribution >= 4 is 5.91 Å². The number of amides is 1. The number of hydrogen-bond acceptors (Lipinski definition) is 3. The minimum atomic E-state index is -0.199. The van der Waals surface area contributed by atoms with E-state index in [2.05, 4.69) is 13.8 Å². The van der Waals surface area contributed by atoms with E-state index in [1.807, 2.05) is 53.4 Å². The van der Waals surface area contributed by atoms with Gasteiger partial charge in [0.15, 0.2) is 0 Å². The molecule has 168 valence electrons. The van der Waals surface area contributed by atoms with Gasteiger partial charge in [0, 0.05) is 24.6 Å². The third-order valence-electron chi connectivity index (χ3n) is 5.81. The van der Waals surface area contributed by atoms with Gasteiger partial charge in [-0.3, -0.25) is 4.79 Å². The van der Waals surface area contributed by atoms with E-state index in [1.54, 1.807) is 24.3 Å². The maximum atomic E-state index is 13.7. The van der Waals surface area contributed by atoms with Gasteiger partial charge in [-0.15, -0.1) is 0 Å². The first-order chi connectivity index (χ1) is 15.5. The number of nitrogens with zero attached hydrogens (tertiary/aromatic N) is 1. The Morgan fingerprint density at radius 3 is 1.69 bits per heavy atom. The predicted octanol–water partition coefficient (Wildman–Crippen LogP) is 6.32. The molecule has 4 nitrogen and oxygen atoms in total. The topological polar surface area (TPSA) is 60.8 Å². The zero-order valence-corrected chi connectivity index (χ0v) is 19.0. The average Bonchev–Trinajstić information content (AvgIpc) is 2.82. The Morgan fingerprint density at radius 1 is 0.750 bits per heavy atom. The molecule has 3 aromatic rings. The van der Waals surface area contributed by atoms with Gasteiger partial charge in [0.1, 0.15) is 11.5 Å². The highest BCUT2D eigenvalue weighted by atomic mass is 16.3. The van der Waals surface area contributed by atoms with Crippen LogP contribution >= 0.6 is 0 Å². The summed E-state index contributed by atoms with van der Waals surface area (Å²) in [5, 5.41) is 19.6. The molecule has 0 saturated heterocycles. The number of hydrogen-bond donors (Lipinski definition) is 2. The van der Waals surface area contributed by atoms with Crippen LogP contribution in [0.25, 0.3) is 0 Å². The van der Waals surface area contributed by atoms with Gasteiger partial charge in [-0.05, 0) is 59.9 Å². The van der Waals surface area contributed by atoms with Crippen LogP contribution in [0.4, 0.5) is 0 Å². The van der Waals surface area contributed by atoms with E-state index in [4.69, 9.17) is 0 Å². The number of unbranched alkanes of at least 4 members (excludes halogenated alkanes) is 2. The molecule has 3 aromatic carbocycles. The van der Waals surface area contributed by atoms with Gasteiger partial charge in [0.05, 0.1) is 0 Å². The van der Waals surface area contributed by atoms with Crippen LogP contribution in [0.1, 0.15) is 72.5 Å². The summed E-state index contributed by atoms with van der Waals surface area (Å²) in [6.07, 6.45) is 4.05. The monoisotopic (exact) mass is 431 g/mol. The Morgan fingerprint density at radius 2 is 1.22 bits per heavy atom. The normalized spacial score (nSPS) is 11.0. The van der Waals surface area contributed by atoms with Crippen LogP contribution in [0.5, 0.6) is 11.5 Å². The van der Waals surface area contributed by atoms with Gasteiger partial charge in [0.25, 0.3) is 5.91 Å². The molecule has 0 aromatic heterocycles. The second kappa shape index (κ2) is 11.4. The molecule has 2 N–H and O–H groups in total. The van der Waals surface area contributed by atoms with E-state index in [0.717, 1.165) is 55.5 Å². The van der Waals surface area contributed by atoms with E-state index in [9.17, 15) is 15.0 Å². The molecule has 0 radical (unpaired) electrons. The maximum absolute atomic E-state index is 13.7. The highest BCUT2D eigenvalue weighted by Crippen LogP contribution is 2.35. The number of phenols is 2. The lowest BCUT2D eigenvalue weighted by Gasteiger charge is -2.26. The average molecular weight is 432 g/mol. The van der Waals surface area contributed by atoms with Crippen LogP contribution in [0.3, 0.4) is 0 Å². The smallest absolute Gasteiger partial charge is 0.254 e. The summed E-state index contributed by atoms with van der Waals surface area (Å²) < 4.78 is 0. The summed E-state index contributed by atoms with van der Waals surface area (Å²) in [6.45, 7) is 5.80. The largest absolute Gasteiger partial charge is 0.508 e. The molecule has 32 heavy (non-hydrogen) atoms. The van der Waals surface area contributed by atoms with Crippen LogP contribution in [-0.2, 0) is 0 Å². The van der Waals surface area contributed by atoms with Crippen LogP contribution in [0.2, 0.25) is 0 Å². The van der Waals surface area contributed by atoms with Crippen molar-refractivity contribution in [3.63, 3.8) is 0 Å². The molecule has 0 unspecified atom stereocenters. The summed E-state index contributed by atoms with van der Waals surface area (Å²) in [7, 11) is 0. The second-order valence-corrected chi connectivity index (χ2v) is 8.20. The number of aromatic hydroxyl groups is 2. The lowest BCUT2D eigenvalue weighted by atomic mass is 9.82. The first kappa shape index (κ1) is 23.4. The molecule has 0 aliphatic carbocycles. The maximum Gasteiger partial charge on any atom is 0.254 e. The minimum Gasteiger partial charge on any atom is -0.508 e. The van der Waals surface area contributed by atoms with Crippen molar-refractivity contribution in [3.8, 4) is 11.5 Å². The van der Waals surface area contributed by atoms with Crippen molar-refractivity contribution in [1.82, 2.24) is 4.90 Å². The van der Waals surface area contributed by atoms with Crippen molar-refractivity contribution in [2.45, 2.75) is 45.4 Å². The van der Waals surface area contributed by atoms with Gasteiger partial charge >= 0.3 is 0 Å². The molecule has 3 rings (SSSR count). The molecule has 0 aliphatic heterocycles. The van der Waals surface area contributed by atoms with Crippen molar-refractivity contribution in [2.24, 2.45) is 0 Å². The molecule has 0 bridgehead atoms. The SMILES string of the molecule is CCCCN(CCCC)C(=O)c1ccccc1C(c1ccc(O)cc1)c1ccc(O)cc1. The van der Waals surface area contributed by atoms with E-state index in [-0.39, 0.29) is 23.3 Å². The molecule has 0 aliphatic rings. The van der Waals surface area contributed by atoms with E-state index >= 15 is 0 Å². The van der Waals surface area contributed by atoms with Crippen LogP contribution in [0.15, 0.2) is 72.8 Å². The molecule has 0 heterocycles. The van der Waals surface area contributed by atoms with Crippen LogP contribution in [-0.4, -0.2) is 34.1 Å². The van der Waals surface area contributed by atoms with E-state index in [1.165, 1.54) is 0 Å². The van der Waals surface area contributed by atoms with Crippen molar-refractivity contribution in [1.29, 1.82) is 0 Å². The molecule has 0 spiro atoms. The summed E-state index contributed by atoms with van der Waals surface area (Å²) in [6, 6.07) is 22.0. The van der Waals surface area contributed by atoms with Gasteiger partial charge in [-0.2, -0.15) is 0 Å². The van der Waals surface area contributed by atoms with Crippen LogP contribution < -0.4 is 0 Å². The van der Waals surface area contributed by atoms with Crippen LogP contribution in [0, 0.1) is 0 Å². The first-order valence-corrected chi connectivity index (χ1v) is 11.5. The third kappa shape index (κ3) is 5.70. The van der Waals surface area contributed by atoms with Gasteiger partial charge in [-0.25, -0.2) is 0 Å². The molecule has 1 amide bonds. The Labute approximate surface area is 191 Å². The van der Waals surface area contributed by atoms with Gasteiger partial charge < -0.3 is 15.1 Å². The Kier molecular flexibility index (Phi) is 8.32. The molecular weight excluding hydrogens is 398 g/mol. The summed E-state index contributed by atoms with van der Waals surface area (Å²) in [4.78, 5) is 15.7. The second-order valence-electron chi connectivity index (χ2n) is 8.20. The predicted molar refractivity (Wildman–Crippen MR) is 129 cm³/mol. The van der Waals surface area contributed by atoms with E-state index < -0.39 is 0 Å². The number of carbonyl (C=O) groups is 1. The lowest BCUT2D eigenvalue weighted by molar-refractivity contribution is 0.0750. The fourth-order valence-corrected chi connectivity index (χ4v) is 4.01. The molecule has 0 saturated carbocycles. The zero-order valence-electron chi connectivity index (χ0n) is 19.0. The molecule has 0 fully saturated rings. The van der Waals surface area contributed by atoms with Crippen molar-refractivity contribution < 1.29 is 15.0 Å². The van der Waals surface area contributed by atoms with Gasteiger partial charge in [0.2, 0.25) is 0 Å². The van der Waals surface area contributed by atoms with Crippen molar-refractivity contribution in [2.75, 3.05) is 13.1 Å². The molecule has 4 heteroatoms. The third-order valence-corrected chi connectivity index (χ3v) is 5.81. The Balaban J connectivity index is 2.08. The van der Waals surface area contributed by atoms with Crippen molar-refractivity contribution in [3.05, 3.63) is 95.1 Å². The number of carbonyl (C=O) groups excluding carboxylic acids is 1. The molecule has 0 atom stereocenters. The summed E-state index contributed by atoms with van der Waals surface area (Å²) >= 11 is 0. The quantitative estimate of drug-likeness (QED) is 0.369. The summed E-state index contributed by atoms with van der Waals surface area (Å²) in [5.41, 5.74) is 3.57. The minimum absolute atomic E-state index is 0.0602. The van der Waals surface area contributed by atoms with E-state index in [0.29, 0.717) is 5.56 Å². The Hall–Kier alpha value is -3.27.